The van der Waals surface area contributed by atoms with Gasteiger partial charge < -0.3 is 14.2 Å². The fourth-order valence-electron chi connectivity index (χ4n) is 1.38. The molecule has 0 spiro atoms. The van der Waals surface area contributed by atoms with Gasteiger partial charge in [-0.25, -0.2) is 4.98 Å². The van der Waals surface area contributed by atoms with Crippen molar-refractivity contribution in [1.29, 1.82) is 0 Å². The summed E-state index contributed by atoms with van der Waals surface area (Å²) in [4.78, 5) is 14.6. The Labute approximate surface area is 87.5 Å². The molecule has 6 heteroatoms. The van der Waals surface area contributed by atoms with Crippen LogP contribution in [-0.2, 0) is 7.05 Å². The maximum atomic E-state index is 5.05. The monoisotopic (exact) mass is 207 g/mol. The highest BCUT2D eigenvalue weighted by Crippen LogP contribution is 2.22. The summed E-state index contributed by atoms with van der Waals surface area (Å²) in [6, 6.07) is 0.356. The summed E-state index contributed by atoms with van der Waals surface area (Å²) in [5, 5.41) is 0. The van der Waals surface area contributed by atoms with Crippen LogP contribution in [0.3, 0.4) is 0 Å². The van der Waals surface area contributed by atoms with E-state index in [-0.39, 0.29) is 0 Å². The minimum absolute atomic E-state index is 0.356. The maximum absolute atomic E-state index is 5.05. The molecule has 0 amide bonds. The fourth-order valence-corrected chi connectivity index (χ4v) is 1.38. The predicted molar refractivity (Wildman–Crippen MR) is 57.2 cm³/mol. The molecule has 0 unspecified atom stereocenters. The molecule has 0 aliphatic heterocycles. The van der Waals surface area contributed by atoms with Crippen molar-refractivity contribution >= 4 is 17.0 Å². The Morgan fingerprint density at radius 1 is 1.33 bits per heavy atom. The first-order valence-corrected chi connectivity index (χ1v) is 4.54. The molecule has 0 aromatic carbocycles. The van der Waals surface area contributed by atoms with E-state index in [1.807, 2.05) is 30.6 Å². The van der Waals surface area contributed by atoms with Crippen LogP contribution >= 0.6 is 0 Å². The number of methoxy groups -OCH3 is 1. The van der Waals surface area contributed by atoms with Crippen LogP contribution in [-0.4, -0.2) is 40.7 Å². The van der Waals surface area contributed by atoms with E-state index in [4.69, 9.17) is 4.74 Å². The van der Waals surface area contributed by atoms with Crippen molar-refractivity contribution in [3.63, 3.8) is 0 Å². The topological polar surface area (TPSA) is 56.1 Å². The standard InChI is InChI=1S/C9H13N5O/c1-13(2)7-6-8(14(3)5-10-6)12-9(11-7)15-4/h5H,1-4H3. The van der Waals surface area contributed by atoms with Crippen molar-refractivity contribution in [2.45, 2.75) is 0 Å². The number of ether oxygens (including phenoxy) is 1. The third kappa shape index (κ3) is 1.47. The zero-order valence-corrected chi connectivity index (χ0v) is 9.22. The average molecular weight is 207 g/mol. The molecule has 0 radical (unpaired) electrons. The van der Waals surface area contributed by atoms with Crippen LogP contribution < -0.4 is 9.64 Å². The molecule has 2 aromatic heterocycles. The van der Waals surface area contributed by atoms with Gasteiger partial charge in [0, 0.05) is 21.1 Å². The van der Waals surface area contributed by atoms with Crippen molar-refractivity contribution in [2.75, 3.05) is 26.1 Å². The van der Waals surface area contributed by atoms with E-state index in [2.05, 4.69) is 15.0 Å². The van der Waals surface area contributed by atoms with Gasteiger partial charge in [-0.3, -0.25) is 0 Å². The lowest BCUT2D eigenvalue weighted by molar-refractivity contribution is 0.381. The molecule has 80 valence electrons. The van der Waals surface area contributed by atoms with Gasteiger partial charge in [-0.05, 0) is 0 Å². The lowest BCUT2D eigenvalue weighted by Gasteiger charge is -2.12. The number of fused-ring (bicyclic) bond motifs is 1. The van der Waals surface area contributed by atoms with E-state index in [1.54, 1.807) is 13.4 Å². The molecule has 0 atom stereocenters. The lowest BCUT2D eigenvalue weighted by atomic mass is 10.4. The molecule has 0 fully saturated rings. The molecular formula is C9H13N5O. The highest BCUT2D eigenvalue weighted by atomic mass is 16.5. The van der Waals surface area contributed by atoms with Crippen molar-refractivity contribution in [3.8, 4) is 6.01 Å². The number of aryl methyl sites for hydroxylation is 1. The van der Waals surface area contributed by atoms with Crippen LogP contribution in [0.15, 0.2) is 6.33 Å². The van der Waals surface area contributed by atoms with Crippen molar-refractivity contribution in [1.82, 2.24) is 19.5 Å². The van der Waals surface area contributed by atoms with Gasteiger partial charge in [-0.1, -0.05) is 0 Å². The number of nitrogens with zero attached hydrogens (tertiary/aromatic N) is 5. The summed E-state index contributed by atoms with van der Waals surface area (Å²) >= 11 is 0. The van der Waals surface area contributed by atoms with Gasteiger partial charge in [-0.15, -0.1) is 0 Å². The van der Waals surface area contributed by atoms with Gasteiger partial charge in [0.2, 0.25) is 0 Å². The second-order valence-electron chi connectivity index (χ2n) is 3.46. The Morgan fingerprint density at radius 3 is 2.67 bits per heavy atom. The van der Waals surface area contributed by atoms with E-state index in [0.717, 1.165) is 17.0 Å². The van der Waals surface area contributed by atoms with E-state index >= 15 is 0 Å². The number of imidazole rings is 1. The van der Waals surface area contributed by atoms with Crippen molar-refractivity contribution in [2.24, 2.45) is 7.05 Å². The van der Waals surface area contributed by atoms with Crippen LogP contribution in [0.2, 0.25) is 0 Å². The van der Waals surface area contributed by atoms with Gasteiger partial charge in [-0.2, -0.15) is 9.97 Å². The normalized spacial score (nSPS) is 10.7. The predicted octanol–water partition coefficient (Wildman–Crippen LogP) is 0.438. The van der Waals surface area contributed by atoms with Gasteiger partial charge >= 0.3 is 6.01 Å². The SMILES string of the molecule is COc1nc(N(C)C)c2ncn(C)c2n1. The summed E-state index contributed by atoms with van der Waals surface area (Å²) < 4.78 is 6.89. The summed E-state index contributed by atoms with van der Waals surface area (Å²) in [5.41, 5.74) is 1.55. The molecule has 2 rings (SSSR count). The van der Waals surface area contributed by atoms with Gasteiger partial charge in [0.1, 0.15) is 0 Å². The molecule has 0 saturated heterocycles. The van der Waals surface area contributed by atoms with E-state index in [1.165, 1.54) is 0 Å². The third-order valence-electron chi connectivity index (χ3n) is 2.13. The number of hydrogen-bond acceptors (Lipinski definition) is 5. The molecule has 2 heterocycles. The first kappa shape index (κ1) is 9.70. The second-order valence-corrected chi connectivity index (χ2v) is 3.46. The maximum Gasteiger partial charge on any atom is 0.320 e. The fraction of sp³-hybridized carbons (Fsp3) is 0.444. The number of rotatable bonds is 2. The van der Waals surface area contributed by atoms with Gasteiger partial charge in [0.25, 0.3) is 0 Å². The van der Waals surface area contributed by atoms with Crippen LogP contribution in [0.5, 0.6) is 6.01 Å². The molecule has 0 aliphatic rings. The summed E-state index contributed by atoms with van der Waals surface area (Å²) in [6.07, 6.45) is 1.71. The molecule has 0 saturated carbocycles. The van der Waals surface area contributed by atoms with E-state index in [0.29, 0.717) is 6.01 Å². The molecule has 0 bridgehead atoms. The van der Waals surface area contributed by atoms with E-state index in [9.17, 15) is 0 Å². The molecule has 15 heavy (non-hydrogen) atoms. The minimum Gasteiger partial charge on any atom is -0.467 e. The summed E-state index contributed by atoms with van der Waals surface area (Å²) in [5.74, 6) is 0.762. The van der Waals surface area contributed by atoms with Crippen LogP contribution in [0.25, 0.3) is 11.2 Å². The number of hydrogen-bond donors (Lipinski definition) is 0. The summed E-state index contributed by atoms with van der Waals surface area (Å²) in [7, 11) is 7.27. The Balaban J connectivity index is 2.76. The number of aromatic nitrogens is 4. The molecule has 6 nitrogen and oxygen atoms in total. The average Bonchev–Trinajstić information content (AvgIpc) is 2.59. The minimum atomic E-state index is 0.356. The Morgan fingerprint density at radius 2 is 2.07 bits per heavy atom. The highest BCUT2D eigenvalue weighted by molar-refractivity contribution is 5.83. The van der Waals surface area contributed by atoms with Gasteiger partial charge in [0.15, 0.2) is 17.0 Å². The second kappa shape index (κ2) is 3.38. The Kier molecular flexibility index (Phi) is 2.18. The Hall–Kier alpha value is -1.85. The molecular weight excluding hydrogens is 194 g/mol. The van der Waals surface area contributed by atoms with Gasteiger partial charge in [0.05, 0.1) is 13.4 Å². The molecule has 2 aromatic rings. The first-order chi connectivity index (χ1) is 7.13. The van der Waals surface area contributed by atoms with E-state index < -0.39 is 0 Å². The van der Waals surface area contributed by atoms with Crippen molar-refractivity contribution < 1.29 is 4.74 Å². The smallest absolute Gasteiger partial charge is 0.320 e. The number of anilines is 1. The molecule has 0 N–H and O–H groups in total. The quantitative estimate of drug-likeness (QED) is 0.715. The lowest BCUT2D eigenvalue weighted by Crippen LogP contribution is -2.12. The molecule has 0 aliphatic carbocycles. The van der Waals surface area contributed by atoms with Crippen molar-refractivity contribution in [3.05, 3.63) is 6.33 Å². The first-order valence-electron chi connectivity index (χ1n) is 4.54. The Bertz CT molecular complexity index is 490. The largest absolute Gasteiger partial charge is 0.467 e. The third-order valence-corrected chi connectivity index (χ3v) is 2.13. The summed E-state index contributed by atoms with van der Waals surface area (Å²) in [6.45, 7) is 0. The van der Waals surface area contributed by atoms with Crippen LogP contribution in [0.4, 0.5) is 5.82 Å². The highest BCUT2D eigenvalue weighted by Gasteiger charge is 2.13. The van der Waals surface area contributed by atoms with Crippen LogP contribution in [0, 0.1) is 0 Å². The van der Waals surface area contributed by atoms with Crippen LogP contribution in [0.1, 0.15) is 0 Å². The zero-order chi connectivity index (χ0) is 11.0. The zero-order valence-electron chi connectivity index (χ0n) is 9.22.